The summed E-state index contributed by atoms with van der Waals surface area (Å²) >= 11 is 0. The number of fused-ring (bicyclic) bond motifs is 2. The Labute approximate surface area is 143 Å². The Kier molecular flexibility index (Phi) is 3.97. The van der Waals surface area contributed by atoms with Gasteiger partial charge in [-0.25, -0.2) is 0 Å². The summed E-state index contributed by atoms with van der Waals surface area (Å²) in [5.74, 6) is 0.194. The first-order valence-electron chi connectivity index (χ1n) is 7.49. The van der Waals surface area contributed by atoms with Crippen molar-refractivity contribution >= 4 is 28.3 Å². The zero-order valence-electron chi connectivity index (χ0n) is 13.3. The van der Waals surface area contributed by atoms with E-state index >= 15 is 0 Å². The van der Waals surface area contributed by atoms with E-state index in [-0.39, 0.29) is 17.1 Å². The van der Waals surface area contributed by atoms with Gasteiger partial charge in [-0.1, -0.05) is 19.1 Å². The molecule has 0 amide bonds. The van der Waals surface area contributed by atoms with Gasteiger partial charge in [-0.15, -0.1) is 0 Å². The van der Waals surface area contributed by atoms with Gasteiger partial charge in [-0.05, 0) is 23.5 Å². The predicted molar refractivity (Wildman–Crippen MR) is 90.0 cm³/mol. The number of nitriles is 4. The molecule has 6 heteroatoms. The van der Waals surface area contributed by atoms with E-state index in [1.165, 1.54) is 12.4 Å². The molecule has 0 N–H and O–H groups in total. The van der Waals surface area contributed by atoms with E-state index < -0.39 is 0 Å². The Morgan fingerprint density at radius 1 is 0.920 bits per heavy atom. The topological polar surface area (TPSA) is 121 Å². The maximum Gasteiger partial charge on any atom is 0.139 e. The number of benzene rings is 1. The molecule has 1 atom stereocenters. The molecule has 25 heavy (non-hydrogen) atoms. The van der Waals surface area contributed by atoms with Crippen LogP contribution in [0.5, 0.6) is 0 Å². The molecule has 1 aromatic carbocycles. The maximum atomic E-state index is 9.39. The second-order valence-electron chi connectivity index (χ2n) is 5.63. The quantitative estimate of drug-likeness (QED) is 0.719. The summed E-state index contributed by atoms with van der Waals surface area (Å²) in [5, 5.41) is 38.4. The lowest BCUT2D eigenvalue weighted by Crippen LogP contribution is -2.29. The Morgan fingerprint density at radius 2 is 1.44 bits per heavy atom. The number of hydrogen-bond acceptors (Lipinski definition) is 6. The molecule has 1 aromatic heterocycles. The van der Waals surface area contributed by atoms with Gasteiger partial charge in [0.15, 0.2) is 0 Å². The summed E-state index contributed by atoms with van der Waals surface area (Å²) in [5.41, 5.74) is 1.99. The maximum absolute atomic E-state index is 9.39. The number of aromatic nitrogens is 2. The van der Waals surface area contributed by atoms with Gasteiger partial charge in [0.2, 0.25) is 0 Å². The van der Waals surface area contributed by atoms with Crippen molar-refractivity contribution in [1.29, 1.82) is 21.0 Å². The highest BCUT2D eigenvalue weighted by Gasteiger charge is 2.21. The normalized spacial score (nSPS) is 14.5. The van der Waals surface area contributed by atoms with Gasteiger partial charge in [0.25, 0.3) is 0 Å². The summed E-state index contributed by atoms with van der Waals surface area (Å²) in [6.45, 7) is 2.02. The minimum atomic E-state index is -0.0667. The molecule has 116 valence electrons. The molecular weight excluding hydrogens is 312 g/mol. The minimum Gasteiger partial charge on any atom is -0.252 e. The van der Waals surface area contributed by atoms with Crippen LogP contribution in [0.15, 0.2) is 18.5 Å². The average Bonchev–Trinajstić information content (AvgIpc) is 2.64. The van der Waals surface area contributed by atoms with Gasteiger partial charge in [-0.3, -0.25) is 9.97 Å². The lowest BCUT2D eigenvalue weighted by atomic mass is 9.85. The molecule has 3 rings (SSSR count). The fourth-order valence-electron chi connectivity index (χ4n) is 3.10. The smallest absolute Gasteiger partial charge is 0.139 e. The fraction of sp³-hybridized carbons (Fsp3) is 0.158. The van der Waals surface area contributed by atoms with Crippen LogP contribution in [0.3, 0.4) is 0 Å². The monoisotopic (exact) mass is 322 g/mol. The molecular formula is C19H10N6. The Morgan fingerprint density at radius 3 is 2.00 bits per heavy atom. The summed E-state index contributed by atoms with van der Waals surface area (Å²) < 4.78 is 0. The molecule has 1 heterocycles. The second kappa shape index (κ2) is 6.25. The van der Waals surface area contributed by atoms with Gasteiger partial charge < -0.3 is 0 Å². The van der Waals surface area contributed by atoms with E-state index in [9.17, 15) is 21.0 Å². The van der Waals surface area contributed by atoms with Gasteiger partial charge in [0.05, 0.1) is 11.0 Å². The summed E-state index contributed by atoms with van der Waals surface area (Å²) in [6.07, 6.45) is 7.31. The van der Waals surface area contributed by atoms with Gasteiger partial charge in [0.1, 0.15) is 35.4 Å². The van der Waals surface area contributed by atoms with Crippen molar-refractivity contribution < 1.29 is 0 Å². The predicted octanol–water partition coefficient (Wildman–Crippen LogP) is 1.23. The zero-order chi connectivity index (χ0) is 18.0. The molecule has 0 spiro atoms. The molecule has 0 saturated heterocycles. The van der Waals surface area contributed by atoms with Crippen LogP contribution in [0.1, 0.15) is 18.1 Å². The van der Waals surface area contributed by atoms with Crippen molar-refractivity contribution in [2.24, 2.45) is 5.92 Å². The number of rotatable bonds is 0. The summed E-state index contributed by atoms with van der Waals surface area (Å²) in [7, 11) is 0. The van der Waals surface area contributed by atoms with E-state index in [4.69, 9.17) is 0 Å². The van der Waals surface area contributed by atoms with Gasteiger partial charge >= 0.3 is 0 Å². The van der Waals surface area contributed by atoms with Crippen molar-refractivity contribution in [2.75, 3.05) is 0 Å². The number of nitrogens with zero attached hydrogens (tertiary/aromatic N) is 6. The minimum absolute atomic E-state index is 0.0498. The molecule has 0 aliphatic heterocycles. The highest BCUT2D eigenvalue weighted by Crippen LogP contribution is 2.21. The Bertz CT molecular complexity index is 1190. The van der Waals surface area contributed by atoms with E-state index in [0.29, 0.717) is 33.5 Å². The third-order valence-electron chi connectivity index (χ3n) is 4.13. The summed E-state index contributed by atoms with van der Waals surface area (Å²) in [6, 6.07) is 7.69. The molecule has 1 aliphatic carbocycles. The van der Waals surface area contributed by atoms with E-state index in [2.05, 4.69) is 9.97 Å². The van der Waals surface area contributed by atoms with Crippen LogP contribution in [0.4, 0.5) is 0 Å². The van der Waals surface area contributed by atoms with Crippen molar-refractivity contribution in [3.63, 3.8) is 0 Å². The lowest BCUT2D eigenvalue weighted by molar-refractivity contribution is 0.714. The molecule has 2 aromatic rings. The van der Waals surface area contributed by atoms with Crippen molar-refractivity contribution in [3.05, 3.63) is 40.0 Å². The van der Waals surface area contributed by atoms with Gasteiger partial charge in [-0.2, -0.15) is 21.0 Å². The molecule has 0 saturated carbocycles. The third-order valence-corrected chi connectivity index (χ3v) is 4.13. The molecule has 0 fully saturated rings. The standard InChI is InChI=1S/C19H10N6/c1-11-2-3-14-15(6-11)17(13(9-22)10-23)19-18(24-4-5-25-19)16(14)12(7-20)8-21/h2-5,11H,6H2,1H3. The molecule has 0 radical (unpaired) electrons. The van der Waals surface area contributed by atoms with Crippen molar-refractivity contribution in [1.82, 2.24) is 9.97 Å². The molecule has 1 aliphatic rings. The first-order chi connectivity index (χ1) is 12.2. The third kappa shape index (κ3) is 2.40. The molecule has 6 nitrogen and oxygen atoms in total. The molecule has 1 unspecified atom stereocenters. The largest absolute Gasteiger partial charge is 0.252 e. The fourth-order valence-corrected chi connectivity index (χ4v) is 3.10. The highest BCUT2D eigenvalue weighted by molar-refractivity contribution is 5.92. The first-order valence-corrected chi connectivity index (χ1v) is 7.49. The van der Waals surface area contributed by atoms with Crippen LogP contribution in [0.25, 0.3) is 28.3 Å². The van der Waals surface area contributed by atoms with Crippen LogP contribution in [0, 0.1) is 51.2 Å². The van der Waals surface area contributed by atoms with Crippen LogP contribution >= 0.6 is 0 Å². The molecule has 0 bridgehead atoms. The lowest BCUT2D eigenvalue weighted by Gasteiger charge is -2.18. The summed E-state index contributed by atoms with van der Waals surface area (Å²) in [4.78, 5) is 8.59. The first kappa shape index (κ1) is 15.9. The number of allylic oxidation sites excluding steroid dienone is 1. The van der Waals surface area contributed by atoms with Crippen LogP contribution < -0.4 is 10.4 Å². The number of hydrogen-bond donors (Lipinski definition) is 0. The van der Waals surface area contributed by atoms with Crippen LogP contribution in [-0.2, 0) is 6.42 Å². The Balaban J connectivity index is 2.82. The highest BCUT2D eigenvalue weighted by atomic mass is 14.8. The van der Waals surface area contributed by atoms with Crippen molar-refractivity contribution in [3.8, 4) is 24.3 Å². The van der Waals surface area contributed by atoms with E-state index in [0.717, 1.165) is 5.56 Å². The second-order valence-corrected chi connectivity index (χ2v) is 5.63. The van der Waals surface area contributed by atoms with Crippen LogP contribution in [0.2, 0.25) is 0 Å². The van der Waals surface area contributed by atoms with Gasteiger partial charge in [0, 0.05) is 22.8 Å². The SMILES string of the molecule is CC1C=Cc2c(c(=C(C#N)C#N)c3nccnc3c2=C(C#N)C#N)C1. The van der Waals surface area contributed by atoms with Crippen LogP contribution in [-0.4, -0.2) is 9.97 Å². The Hall–Kier alpha value is -4.00. The van der Waals surface area contributed by atoms with Crippen molar-refractivity contribution in [2.45, 2.75) is 13.3 Å². The van der Waals surface area contributed by atoms with E-state index in [1.807, 2.05) is 43.4 Å². The zero-order valence-corrected chi connectivity index (χ0v) is 13.3. The average molecular weight is 322 g/mol. The van der Waals surface area contributed by atoms with E-state index in [1.54, 1.807) is 0 Å².